The van der Waals surface area contributed by atoms with Crippen LogP contribution in [0.3, 0.4) is 0 Å². The number of thioether (sulfide) groups is 2. The molecule has 2 amide bonds. The quantitative estimate of drug-likeness (QED) is 0.417. The third-order valence-corrected chi connectivity index (χ3v) is 7.60. The summed E-state index contributed by atoms with van der Waals surface area (Å²) in [4.78, 5) is 38.8. The van der Waals surface area contributed by atoms with Crippen molar-refractivity contribution in [1.82, 2.24) is 10.2 Å². The highest BCUT2D eigenvalue weighted by Crippen LogP contribution is 2.41. The molecule has 2 aromatic carbocycles. The first-order chi connectivity index (χ1) is 15.8. The SMILES string of the molecule is O=C(COc1cccc(Cl)c1)NC1C(=O)N2C(C(=O)O)=C(CSc3cccc(F)c3)CS[C@@H]12. The molecule has 1 unspecified atom stereocenters. The summed E-state index contributed by atoms with van der Waals surface area (Å²) in [7, 11) is 0. The molecule has 2 atom stereocenters. The van der Waals surface area contributed by atoms with Crippen LogP contribution in [0.15, 0.2) is 64.7 Å². The van der Waals surface area contributed by atoms with Crippen LogP contribution in [0.4, 0.5) is 4.39 Å². The van der Waals surface area contributed by atoms with E-state index < -0.39 is 29.2 Å². The minimum Gasteiger partial charge on any atom is -0.484 e. The number of aliphatic carboxylic acids is 1. The van der Waals surface area contributed by atoms with Crippen LogP contribution in [0.1, 0.15) is 0 Å². The minimum absolute atomic E-state index is 0.0756. The molecule has 1 saturated heterocycles. The number of hydrogen-bond donors (Lipinski definition) is 2. The first kappa shape index (κ1) is 23.5. The second-order valence-corrected chi connectivity index (χ2v) is 9.79. The average Bonchev–Trinajstić information content (AvgIpc) is 2.79. The van der Waals surface area contributed by atoms with Gasteiger partial charge in [-0.3, -0.25) is 14.5 Å². The van der Waals surface area contributed by atoms with Crippen LogP contribution in [0.25, 0.3) is 0 Å². The number of ether oxygens (including phenoxy) is 1. The van der Waals surface area contributed by atoms with Crippen molar-refractivity contribution in [3.05, 3.63) is 70.6 Å². The Kier molecular flexibility index (Phi) is 7.16. The van der Waals surface area contributed by atoms with Crippen LogP contribution >= 0.6 is 35.1 Å². The van der Waals surface area contributed by atoms with Gasteiger partial charge in [0.2, 0.25) is 0 Å². The molecule has 0 aromatic heterocycles. The van der Waals surface area contributed by atoms with Crippen molar-refractivity contribution >= 4 is 52.9 Å². The van der Waals surface area contributed by atoms with Gasteiger partial charge in [0.1, 0.15) is 28.7 Å². The summed E-state index contributed by atoms with van der Waals surface area (Å²) in [6.45, 7) is -0.307. The zero-order valence-corrected chi connectivity index (χ0v) is 19.4. The maximum atomic E-state index is 13.4. The molecular formula is C22H18ClFN2O5S2. The second-order valence-electron chi connectivity index (χ2n) is 7.20. The molecule has 33 heavy (non-hydrogen) atoms. The van der Waals surface area contributed by atoms with Crippen LogP contribution < -0.4 is 10.1 Å². The number of carbonyl (C=O) groups is 3. The normalized spacial score (nSPS) is 19.6. The van der Waals surface area contributed by atoms with Crippen molar-refractivity contribution < 1.29 is 28.6 Å². The van der Waals surface area contributed by atoms with Crippen LogP contribution in [0, 0.1) is 5.82 Å². The molecule has 2 aliphatic rings. The standard InChI is InChI=1S/C22H18ClFN2O5S2/c23-13-3-1-5-15(7-13)31-9-17(27)25-18-20(28)26-19(22(29)30)12(11-33-21(18)26)10-32-16-6-2-4-14(24)8-16/h1-8,18,21H,9-11H2,(H,25,27)(H,29,30)/t18?,21-/m0/s1. The Balaban J connectivity index is 1.38. The van der Waals surface area contributed by atoms with Gasteiger partial charge in [-0.15, -0.1) is 23.5 Å². The lowest BCUT2D eigenvalue weighted by Gasteiger charge is -2.49. The van der Waals surface area contributed by atoms with Gasteiger partial charge in [-0.25, -0.2) is 9.18 Å². The summed E-state index contributed by atoms with van der Waals surface area (Å²) >= 11 is 8.56. The first-order valence-corrected chi connectivity index (χ1v) is 12.2. The first-order valence-electron chi connectivity index (χ1n) is 9.79. The number of rotatable bonds is 8. The predicted molar refractivity (Wildman–Crippen MR) is 124 cm³/mol. The number of amides is 2. The minimum atomic E-state index is -1.21. The Hall–Kier alpha value is -2.69. The van der Waals surface area contributed by atoms with E-state index in [1.807, 2.05) is 0 Å². The van der Waals surface area contributed by atoms with Crippen molar-refractivity contribution in [3.8, 4) is 5.75 Å². The Morgan fingerprint density at radius 2 is 2.06 bits per heavy atom. The maximum Gasteiger partial charge on any atom is 0.352 e. The van der Waals surface area contributed by atoms with Gasteiger partial charge in [0.25, 0.3) is 11.8 Å². The smallest absolute Gasteiger partial charge is 0.352 e. The van der Waals surface area contributed by atoms with E-state index in [-0.39, 0.29) is 18.1 Å². The van der Waals surface area contributed by atoms with E-state index in [1.165, 1.54) is 40.6 Å². The molecule has 172 valence electrons. The molecule has 0 saturated carbocycles. The van der Waals surface area contributed by atoms with E-state index in [0.29, 0.717) is 32.7 Å². The molecule has 7 nitrogen and oxygen atoms in total. The highest BCUT2D eigenvalue weighted by Gasteiger charge is 2.54. The number of carboxylic acid groups (broad SMARTS) is 1. The average molecular weight is 509 g/mol. The molecule has 1 fully saturated rings. The number of nitrogens with one attached hydrogen (secondary N) is 1. The van der Waals surface area contributed by atoms with Crippen molar-refractivity contribution in [1.29, 1.82) is 0 Å². The van der Waals surface area contributed by atoms with Crippen molar-refractivity contribution in [2.24, 2.45) is 0 Å². The van der Waals surface area contributed by atoms with Gasteiger partial charge >= 0.3 is 5.97 Å². The summed E-state index contributed by atoms with van der Waals surface area (Å²) in [5.41, 5.74) is 0.494. The fourth-order valence-corrected chi connectivity index (χ4v) is 6.05. The molecule has 0 radical (unpaired) electrons. The molecule has 2 aromatic rings. The van der Waals surface area contributed by atoms with E-state index in [9.17, 15) is 23.9 Å². The van der Waals surface area contributed by atoms with E-state index >= 15 is 0 Å². The number of benzene rings is 2. The molecule has 0 spiro atoms. The maximum absolute atomic E-state index is 13.4. The molecule has 0 aliphatic carbocycles. The molecule has 4 rings (SSSR count). The highest BCUT2D eigenvalue weighted by molar-refractivity contribution is 8.01. The molecule has 2 heterocycles. The summed E-state index contributed by atoms with van der Waals surface area (Å²) in [6, 6.07) is 11.8. The van der Waals surface area contributed by atoms with Gasteiger partial charge < -0.3 is 15.2 Å². The molecule has 0 bridgehead atoms. The van der Waals surface area contributed by atoms with Crippen LogP contribution in [-0.2, 0) is 14.4 Å². The van der Waals surface area contributed by atoms with Gasteiger partial charge in [0, 0.05) is 21.4 Å². The van der Waals surface area contributed by atoms with Crippen molar-refractivity contribution in [3.63, 3.8) is 0 Å². The largest absolute Gasteiger partial charge is 0.484 e. The monoisotopic (exact) mass is 508 g/mol. The Morgan fingerprint density at radius 3 is 2.79 bits per heavy atom. The lowest BCUT2D eigenvalue weighted by Crippen LogP contribution is -2.70. The van der Waals surface area contributed by atoms with E-state index in [4.69, 9.17) is 16.3 Å². The highest BCUT2D eigenvalue weighted by atomic mass is 35.5. The number of hydrogen-bond acceptors (Lipinski definition) is 6. The van der Waals surface area contributed by atoms with E-state index in [1.54, 1.807) is 36.4 Å². The number of β-lactam (4-membered cyclic amide) rings is 1. The Morgan fingerprint density at radius 1 is 1.27 bits per heavy atom. The molecule has 2 aliphatic heterocycles. The van der Waals surface area contributed by atoms with Gasteiger partial charge in [-0.1, -0.05) is 23.7 Å². The van der Waals surface area contributed by atoms with Crippen molar-refractivity contribution in [2.75, 3.05) is 18.1 Å². The number of nitrogens with zero attached hydrogens (tertiary/aromatic N) is 1. The molecule has 2 N–H and O–H groups in total. The summed E-state index contributed by atoms with van der Waals surface area (Å²) < 4.78 is 18.8. The Bertz CT molecular complexity index is 1150. The van der Waals surface area contributed by atoms with Gasteiger partial charge in [-0.2, -0.15) is 0 Å². The van der Waals surface area contributed by atoms with Gasteiger partial charge in [0.15, 0.2) is 6.61 Å². The van der Waals surface area contributed by atoms with E-state index in [2.05, 4.69) is 5.32 Å². The fourth-order valence-electron chi connectivity index (χ4n) is 3.44. The molecular weight excluding hydrogens is 491 g/mol. The summed E-state index contributed by atoms with van der Waals surface area (Å²) in [5.74, 6) is -1.47. The second kappa shape index (κ2) is 10.1. The lowest BCUT2D eigenvalue weighted by atomic mass is 10.0. The van der Waals surface area contributed by atoms with Crippen LogP contribution in [0.2, 0.25) is 5.02 Å². The zero-order valence-electron chi connectivity index (χ0n) is 17.0. The summed E-state index contributed by atoms with van der Waals surface area (Å²) in [5, 5.41) is 12.3. The van der Waals surface area contributed by atoms with Crippen molar-refractivity contribution in [2.45, 2.75) is 16.3 Å². The lowest BCUT2D eigenvalue weighted by molar-refractivity contribution is -0.150. The van der Waals surface area contributed by atoms with Gasteiger partial charge in [0.05, 0.1) is 0 Å². The zero-order chi connectivity index (χ0) is 23.5. The number of carbonyl (C=O) groups excluding carboxylic acids is 2. The predicted octanol–water partition coefficient (Wildman–Crippen LogP) is 3.39. The van der Waals surface area contributed by atoms with Crippen LogP contribution in [-0.4, -0.2) is 57.3 Å². The van der Waals surface area contributed by atoms with Gasteiger partial charge in [-0.05, 0) is 42.0 Å². The number of carboxylic acids is 1. The third-order valence-electron chi connectivity index (χ3n) is 4.94. The topological polar surface area (TPSA) is 95.9 Å². The summed E-state index contributed by atoms with van der Waals surface area (Å²) in [6.07, 6.45) is 0. The number of fused-ring (bicyclic) bond motifs is 1. The van der Waals surface area contributed by atoms with Crippen LogP contribution in [0.5, 0.6) is 5.75 Å². The fraction of sp³-hybridized carbons (Fsp3) is 0.227. The number of halogens is 2. The Labute approximate surface area is 202 Å². The van der Waals surface area contributed by atoms with E-state index in [0.717, 1.165) is 0 Å². The third kappa shape index (κ3) is 5.29. The molecule has 11 heteroatoms.